The Morgan fingerprint density at radius 3 is 2.68 bits per heavy atom. The van der Waals surface area contributed by atoms with Crippen molar-refractivity contribution in [3.05, 3.63) is 53.3 Å². The lowest BCUT2D eigenvalue weighted by Gasteiger charge is -2.21. The van der Waals surface area contributed by atoms with Crippen LogP contribution in [0.15, 0.2) is 36.4 Å². The van der Waals surface area contributed by atoms with Crippen LogP contribution in [0, 0.1) is 5.82 Å². The maximum absolute atomic E-state index is 13.8. The molecule has 0 aromatic heterocycles. The number of hydrogen-bond acceptors (Lipinski definition) is 5. The standard InChI is InChI=1S/C20H21FN2O5/c1-3-23(11-13-4-6-16(26-2)15(21)8-13)19(24)10-22-20(25)14-5-7-17-18(9-14)28-12-27-17/h4-9H,3,10-12H2,1-2H3,(H,22,25). The maximum atomic E-state index is 13.8. The number of likely N-dealkylation sites (N-methyl/N-ethyl adjacent to an activating group) is 1. The van der Waals surface area contributed by atoms with E-state index in [0.717, 1.165) is 0 Å². The van der Waals surface area contributed by atoms with Crippen LogP contribution in [0.2, 0.25) is 0 Å². The summed E-state index contributed by atoms with van der Waals surface area (Å²) in [5.74, 6) is 0.0759. The van der Waals surface area contributed by atoms with Crippen LogP contribution < -0.4 is 19.5 Å². The first-order chi connectivity index (χ1) is 13.5. The summed E-state index contributed by atoms with van der Waals surface area (Å²) in [6.45, 7) is 2.43. The van der Waals surface area contributed by atoms with E-state index in [-0.39, 0.29) is 31.5 Å². The van der Waals surface area contributed by atoms with Crippen LogP contribution in [-0.4, -0.2) is 43.7 Å². The average Bonchev–Trinajstić information content (AvgIpc) is 3.17. The van der Waals surface area contributed by atoms with E-state index in [9.17, 15) is 14.0 Å². The van der Waals surface area contributed by atoms with Gasteiger partial charge in [0, 0.05) is 18.7 Å². The summed E-state index contributed by atoms with van der Waals surface area (Å²) in [7, 11) is 1.39. The zero-order valence-electron chi connectivity index (χ0n) is 15.7. The van der Waals surface area contributed by atoms with Gasteiger partial charge in [-0.25, -0.2) is 4.39 Å². The van der Waals surface area contributed by atoms with Crippen LogP contribution in [0.25, 0.3) is 0 Å². The van der Waals surface area contributed by atoms with Crippen molar-refractivity contribution in [2.45, 2.75) is 13.5 Å². The molecular weight excluding hydrogens is 367 g/mol. The van der Waals surface area contributed by atoms with Crippen molar-refractivity contribution < 1.29 is 28.2 Å². The van der Waals surface area contributed by atoms with Crippen LogP contribution in [0.3, 0.4) is 0 Å². The minimum absolute atomic E-state index is 0.121. The Morgan fingerprint density at radius 2 is 1.96 bits per heavy atom. The quantitative estimate of drug-likeness (QED) is 0.788. The number of ether oxygens (including phenoxy) is 3. The van der Waals surface area contributed by atoms with Crippen LogP contribution in [0.1, 0.15) is 22.8 Å². The molecule has 148 valence electrons. The van der Waals surface area contributed by atoms with Gasteiger partial charge in [0.05, 0.1) is 13.7 Å². The molecule has 2 aromatic carbocycles. The fraction of sp³-hybridized carbons (Fsp3) is 0.300. The molecule has 7 nitrogen and oxygen atoms in total. The van der Waals surface area contributed by atoms with E-state index in [1.54, 1.807) is 24.3 Å². The van der Waals surface area contributed by atoms with E-state index in [4.69, 9.17) is 14.2 Å². The largest absolute Gasteiger partial charge is 0.494 e. The number of rotatable bonds is 7. The number of carbonyl (C=O) groups excluding carboxylic acids is 2. The van der Waals surface area contributed by atoms with Gasteiger partial charge >= 0.3 is 0 Å². The number of nitrogens with one attached hydrogen (secondary N) is 1. The van der Waals surface area contributed by atoms with Crippen molar-refractivity contribution in [2.75, 3.05) is 27.0 Å². The molecule has 0 radical (unpaired) electrons. The molecule has 0 unspecified atom stereocenters. The number of hydrogen-bond donors (Lipinski definition) is 1. The van der Waals surface area contributed by atoms with E-state index >= 15 is 0 Å². The highest BCUT2D eigenvalue weighted by atomic mass is 19.1. The maximum Gasteiger partial charge on any atom is 0.251 e. The normalized spacial score (nSPS) is 11.8. The molecule has 0 atom stereocenters. The second-order valence-corrected chi connectivity index (χ2v) is 6.13. The van der Waals surface area contributed by atoms with Crippen LogP contribution in [0.4, 0.5) is 4.39 Å². The molecule has 8 heteroatoms. The minimum Gasteiger partial charge on any atom is -0.494 e. The SMILES string of the molecule is CCN(Cc1ccc(OC)c(F)c1)C(=O)CNC(=O)c1ccc2c(c1)OCO2. The zero-order chi connectivity index (χ0) is 20.1. The van der Waals surface area contributed by atoms with Crippen molar-refractivity contribution in [3.63, 3.8) is 0 Å². The smallest absolute Gasteiger partial charge is 0.251 e. The zero-order valence-corrected chi connectivity index (χ0v) is 15.7. The van der Waals surface area contributed by atoms with Gasteiger partial charge in [-0.05, 0) is 42.8 Å². The first kappa shape index (κ1) is 19.5. The molecule has 1 aliphatic rings. The number of carbonyl (C=O) groups is 2. The van der Waals surface area contributed by atoms with Crippen molar-refractivity contribution in [1.29, 1.82) is 0 Å². The summed E-state index contributed by atoms with van der Waals surface area (Å²) in [6, 6.07) is 9.37. The van der Waals surface area contributed by atoms with Crippen molar-refractivity contribution in [2.24, 2.45) is 0 Å². The van der Waals surface area contributed by atoms with Crippen molar-refractivity contribution in [3.8, 4) is 17.2 Å². The third-order valence-electron chi connectivity index (χ3n) is 4.36. The number of methoxy groups -OCH3 is 1. The lowest BCUT2D eigenvalue weighted by atomic mass is 10.2. The Labute approximate surface area is 162 Å². The highest BCUT2D eigenvalue weighted by molar-refractivity contribution is 5.97. The Morgan fingerprint density at radius 1 is 1.18 bits per heavy atom. The Kier molecular flexibility index (Phi) is 5.98. The molecule has 1 N–H and O–H groups in total. The third-order valence-corrected chi connectivity index (χ3v) is 4.36. The van der Waals surface area contributed by atoms with Crippen LogP contribution in [-0.2, 0) is 11.3 Å². The summed E-state index contributed by atoms with van der Waals surface area (Å²) in [5.41, 5.74) is 1.01. The van der Waals surface area contributed by atoms with E-state index in [1.807, 2.05) is 6.92 Å². The molecule has 2 amide bonds. The molecule has 0 saturated carbocycles. The van der Waals surface area contributed by atoms with Gasteiger partial charge in [-0.15, -0.1) is 0 Å². The fourth-order valence-electron chi connectivity index (χ4n) is 2.81. The molecular formula is C20H21FN2O5. The number of fused-ring (bicyclic) bond motifs is 1. The second-order valence-electron chi connectivity index (χ2n) is 6.13. The molecule has 1 aliphatic heterocycles. The van der Waals surface area contributed by atoms with Crippen molar-refractivity contribution >= 4 is 11.8 Å². The molecule has 0 saturated heterocycles. The monoisotopic (exact) mass is 388 g/mol. The molecule has 0 fully saturated rings. The summed E-state index contributed by atoms with van der Waals surface area (Å²) in [5, 5.41) is 2.60. The lowest BCUT2D eigenvalue weighted by molar-refractivity contribution is -0.130. The highest BCUT2D eigenvalue weighted by Crippen LogP contribution is 2.32. The van der Waals surface area contributed by atoms with Gasteiger partial charge in [-0.1, -0.05) is 6.07 Å². The average molecular weight is 388 g/mol. The van der Waals surface area contributed by atoms with Crippen LogP contribution >= 0.6 is 0 Å². The van der Waals surface area contributed by atoms with Gasteiger partial charge in [0.2, 0.25) is 12.7 Å². The number of halogens is 1. The fourth-order valence-corrected chi connectivity index (χ4v) is 2.81. The van der Waals surface area contributed by atoms with Gasteiger partial charge in [0.25, 0.3) is 5.91 Å². The van der Waals surface area contributed by atoms with Gasteiger partial charge < -0.3 is 24.4 Å². The first-order valence-electron chi connectivity index (χ1n) is 8.80. The van der Waals surface area contributed by atoms with Gasteiger partial charge in [-0.2, -0.15) is 0 Å². The molecule has 3 rings (SSSR count). The number of amides is 2. The predicted molar refractivity (Wildman–Crippen MR) is 98.9 cm³/mol. The summed E-state index contributed by atoms with van der Waals surface area (Å²) >= 11 is 0. The van der Waals surface area contributed by atoms with Gasteiger partial charge in [0.15, 0.2) is 23.1 Å². The van der Waals surface area contributed by atoms with Gasteiger partial charge in [-0.3, -0.25) is 9.59 Å². The van der Waals surface area contributed by atoms with Crippen molar-refractivity contribution in [1.82, 2.24) is 10.2 Å². The predicted octanol–water partition coefficient (Wildman–Crippen LogP) is 2.34. The van der Waals surface area contributed by atoms with Gasteiger partial charge in [0.1, 0.15) is 0 Å². The Balaban J connectivity index is 1.57. The second kappa shape index (κ2) is 8.60. The lowest BCUT2D eigenvalue weighted by Crippen LogP contribution is -2.39. The molecule has 28 heavy (non-hydrogen) atoms. The Hall–Kier alpha value is -3.29. The molecule has 0 aliphatic carbocycles. The molecule has 0 spiro atoms. The summed E-state index contributed by atoms with van der Waals surface area (Å²) in [4.78, 5) is 26.3. The summed E-state index contributed by atoms with van der Waals surface area (Å²) in [6.07, 6.45) is 0. The number of benzene rings is 2. The first-order valence-corrected chi connectivity index (χ1v) is 8.80. The minimum atomic E-state index is -0.486. The summed E-state index contributed by atoms with van der Waals surface area (Å²) < 4.78 is 29.2. The highest BCUT2D eigenvalue weighted by Gasteiger charge is 2.18. The topological polar surface area (TPSA) is 77.1 Å². The molecule has 0 bridgehead atoms. The van der Waals surface area contributed by atoms with E-state index < -0.39 is 11.7 Å². The van der Waals surface area contributed by atoms with Crippen LogP contribution in [0.5, 0.6) is 17.2 Å². The van der Waals surface area contributed by atoms with E-state index in [2.05, 4.69) is 5.32 Å². The Bertz CT molecular complexity index is 887. The molecule has 2 aromatic rings. The third kappa shape index (κ3) is 4.33. The number of nitrogens with zero attached hydrogens (tertiary/aromatic N) is 1. The van der Waals surface area contributed by atoms with E-state index in [1.165, 1.54) is 24.1 Å². The van der Waals surface area contributed by atoms with E-state index in [0.29, 0.717) is 29.2 Å². The molecule has 1 heterocycles.